The quantitative estimate of drug-likeness (QED) is 0.198. The van der Waals surface area contributed by atoms with Crippen LogP contribution in [0.1, 0.15) is 13.8 Å². The van der Waals surface area contributed by atoms with Gasteiger partial charge in [-0.15, -0.1) is 0 Å². The van der Waals surface area contributed by atoms with Gasteiger partial charge in [0.25, 0.3) is 0 Å². The number of carbonyl (C=O) groups is 2. The fourth-order valence-corrected chi connectivity index (χ4v) is 0.203. The Kier molecular flexibility index (Phi) is 3.64. The number of hydrogen-bond donors (Lipinski definition) is 0. The van der Waals surface area contributed by atoms with E-state index in [1.807, 2.05) is 0 Å². The van der Waals surface area contributed by atoms with Crippen molar-refractivity contribution in [2.45, 2.75) is 13.8 Å². The van der Waals surface area contributed by atoms with Gasteiger partial charge in [0, 0.05) is 0 Å². The maximum Gasteiger partial charge on any atom is 0.417 e. The Balaban J connectivity index is 3.83. The van der Waals surface area contributed by atoms with Gasteiger partial charge in [0.2, 0.25) is 0 Å². The van der Waals surface area contributed by atoms with E-state index in [0.29, 0.717) is 5.71 Å². The number of oxime groups is 1. The van der Waals surface area contributed by atoms with Gasteiger partial charge >= 0.3 is 11.2 Å². The summed E-state index contributed by atoms with van der Waals surface area (Å²) in [6.07, 6.45) is 0. The Morgan fingerprint density at radius 2 is 1.90 bits per heavy atom. The number of carbonyl (C=O) groups excluding carboxylic acids is 2. The third-order valence-electron chi connectivity index (χ3n) is 0.472. The van der Waals surface area contributed by atoms with Gasteiger partial charge in [-0.2, -0.15) is 0 Å². The molecule has 0 atom stereocenters. The van der Waals surface area contributed by atoms with Gasteiger partial charge in [-0.05, 0) is 25.4 Å². The summed E-state index contributed by atoms with van der Waals surface area (Å²) >= 11 is 4.73. The second kappa shape index (κ2) is 4.00. The van der Waals surface area contributed by atoms with Crippen LogP contribution in [-0.2, 0) is 14.4 Å². The van der Waals surface area contributed by atoms with Crippen molar-refractivity contribution in [1.29, 1.82) is 0 Å². The first kappa shape index (κ1) is 9.10. The first-order valence-corrected chi connectivity index (χ1v) is 2.84. The molecule has 0 rings (SSSR count). The van der Waals surface area contributed by atoms with E-state index in [2.05, 4.69) is 9.99 Å². The molecule has 0 aliphatic rings. The zero-order chi connectivity index (χ0) is 8.15. The molecular weight excluding hydrogens is 158 g/mol. The van der Waals surface area contributed by atoms with E-state index in [1.54, 1.807) is 13.8 Å². The highest BCUT2D eigenvalue weighted by Gasteiger charge is 2.10. The lowest BCUT2D eigenvalue weighted by Crippen LogP contribution is -2.08. The SMILES string of the molecule is CC(C)=NOC(=O)C(=O)Cl. The second-order valence-electron chi connectivity index (χ2n) is 1.69. The minimum absolute atomic E-state index is 0.534. The average molecular weight is 164 g/mol. The summed E-state index contributed by atoms with van der Waals surface area (Å²) in [5.74, 6) is -1.16. The Hall–Kier alpha value is -0.900. The van der Waals surface area contributed by atoms with E-state index in [-0.39, 0.29) is 0 Å². The van der Waals surface area contributed by atoms with Crippen LogP contribution in [0.15, 0.2) is 5.16 Å². The minimum Gasteiger partial charge on any atom is -0.308 e. The molecule has 0 amide bonds. The molecule has 0 unspecified atom stereocenters. The zero-order valence-electron chi connectivity index (χ0n) is 5.55. The molecule has 0 heterocycles. The molecular formula is C5H6ClNO3. The van der Waals surface area contributed by atoms with Crippen LogP contribution < -0.4 is 0 Å². The smallest absolute Gasteiger partial charge is 0.308 e. The molecule has 0 radical (unpaired) electrons. The maximum atomic E-state index is 10.2. The monoisotopic (exact) mass is 163 g/mol. The van der Waals surface area contributed by atoms with Crippen LogP contribution in [0.5, 0.6) is 0 Å². The summed E-state index contributed by atoms with van der Waals surface area (Å²) in [5.41, 5.74) is 0.534. The largest absolute Gasteiger partial charge is 0.417 e. The predicted molar refractivity (Wildman–Crippen MR) is 35.7 cm³/mol. The maximum absolute atomic E-state index is 10.2. The summed E-state index contributed by atoms with van der Waals surface area (Å²) in [4.78, 5) is 24.2. The molecule has 56 valence electrons. The lowest BCUT2D eigenvalue weighted by Gasteiger charge is -1.89. The van der Waals surface area contributed by atoms with E-state index >= 15 is 0 Å². The fraction of sp³-hybridized carbons (Fsp3) is 0.400. The first-order valence-electron chi connectivity index (χ1n) is 2.46. The summed E-state index contributed by atoms with van der Waals surface area (Å²) in [5, 5.41) is 2.03. The van der Waals surface area contributed by atoms with Gasteiger partial charge < -0.3 is 4.84 Å². The Morgan fingerprint density at radius 3 is 2.20 bits per heavy atom. The van der Waals surface area contributed by atoms with Crippen LogP contribution in [0.25, 0.3) is 0 Å². The predicted octanol–water partition coefficient (Wildman–Crippen LogP) is 0.691. The van der Waals surface area contributed by atoms with E-state index in [4.69, 9.17) is 11.6 Å². The summed E-state index contributed by atoms with van der Waals surface area (Å²) in [6.45, 7) is 3.23. The Bertz CT molecular complexity index is 183. The molecule has 0 N–H and O–H groups in total. The van der Waals surface area contributed by atoms with Gasteiger partial charge in [-0.3, -0.25) is 4.79 Å². The molecule has 0 aromatic heterocycles. The summed E-state index contributed by atoms with van der Waals surface area (Å²) in [6, 6.07) is 0. The van der Waals surface area contributed by atoms with Gasteiger partial charge in [0.15, 0.2) is 0 Å². The molecule has 4 nitrogen and oxygen atoms in total. The Morgan fingerprint density at radius 1 is 1.40 bits per heavy atom. The number of halogens is 1. The lowest BCUT2D eigenvalue weighted by molar-refractivity contribution is -0.150. The minimum atomic E-state index is -1.18. The van der Waals surface area contributed by atoms with Crippen molar-refractivity contribution in [2.75, 3.05) is 0 Å². The number of hydrogen-bond acceptors (Lipinski definition) is 4. The van der Waals surface area contributed by atoms with Crippen LogP contribution in [-0.4, -0.2) is 16.9 Å². The zero-order valence-corrected chi connectivity index (χ0v) is 6.31. The van der Waals surface area contributed by atoms with Crippen LogP contribution in [0.2, 0.25) is 0 Å². The molecule has 0 aromatic rings. The molecule has 5 heteroatoms. The van der Waals surface area contributed by atoms with Crippen molar-refractivity contribution >= 4 is 28.5 Å². The number of nitrogens with zero attached hydrogens (tertiary/aromatic N) is 1. The second-order valence-corrected chi connectivity index (χ2v) is 2.03. The van der Waals surface area contributed by atoms with Crippen molar-refractivity contribution in [1.82, 2.24) is 0 Å². The lowest BCUT2D eigenvalue weighted by atomic mass is 10.5. The van der Waals surface area contributed by atoms with E-state index < -0.39 is 11.2 Å². The van der Waals surface area contributed by atoms with E-state index in [9.17, 15) is 9.59 Å². The van der Waals surface area contributed by atoms with Crippen molar-refractivity contribution in [2.24, 2.45) is 5.16 Å². The van der Waals surface area contributed by atoms with E-state index in [1.165, 1.54) is 0 Å². The highest BCUT2D eigenvalue weighted by Crippen LogP contribution is 1.87. The molecule has 0 fully saturated rings. The summed E-state index contributed by atoms with van der Waals surface area (Å²) < 4.78 is 0. The normalized spacial score (nSPS) is 8.30. The van der Waals surface area contributed by atoms with Crippen LogP contribution in [0.4, 0.5) is 0 Å². The molecule has 0 aromatic carbocycles. The van der Waals surface area contributed by atoms with E-state index in [0.717, 1.165) is 0 Å². The molecule has 0 aliphatic carbocycles. The third-order valence-corrected chi connectivity index (χ3v) is 0.626. The first-order chi connectivity index (χ1) is 4.54. The average Bonchev–Trinajstić information content (AvgIpc) is 1.82. The van der Waals surface area contributed by atoms with Crippen LogP contribution in [0, 0.1) is 0 Å². The Labute approximate surface area is 62.8 Å². The molecule has 0 aliphatic heterocycles. The molecule has 0 saturated carbocycles. The third kappa shape index (κ3) is 4.03. The number of rotatable bonds is 2. The van der Waals surface area contributed by atoms with Gasteiger partial charge in [0.05, 0.1) is 5.71 Å². The molecule has 10 heavy (non-hydrogen) atoms. The highest BCUT2D eigenvalue weighted by molar-refractivity contribution is 6.80. The van der Waals surface area contributed by atoms with Gasteiger partial charge in [0.1, 0.15) is 0 Å². The standard InChI is InChI=1S/C5H6ClNO3/c1-3(2)7-10-5(9)4(6)8/h1-2H3. The summed E-state index contributed by atoms with van der Waals surface area (Å²) in [7, 11) is 0. The van der Waals surface area contributed by atoms with Gasteiger partial charge in [-0.25, -0.2) is 4.79 Å². The van der Waals surface area contributed by atoms with Crippen LogP contribution in [0.3, 0.4) is 0 Å². The van der Waals surface area contributed by atoms with Crippen molar-refractivity contribution < 1.29 is 14.4 Å². The molecule has 0 saturated heterocycles. The van der Waals surface area contributed by atoms with Crippen molar-refractivity contribution in [3.05, 3.63) is 0 Å². The van der Waals surface area contributed by atoms with Crippen molar-refractivity contribution in [3.8, 4) is 0 Å². The molecule has 0 spiro atoms. The van der Waals surface area contributed by atoms with Crippen molar-refractivity contribution in [3.63, 3.8) is 0 Å². The fourth-order valence-electron chi connectivity index (χ4n) is 0.169. The molecule has 0 bridgehead atoms. The topological polar surface area (TPSA) is 55.7 Å². The van der Waals surface area contributed by atoms with Crippen LogP contribution >= 0.6 is 11.6 Å². The highest BCUT2D eigenvalue weighted by atomic mass is 35.5. The van der Waals surface area contributed by atoms with Gasteiger partial charge in [-0.1, -0.05) is 5.16 Å².